The van der Waals surface area contributed by atoms with Gasteiger partial charge in [-0.05, 0) is 18.2 Å². The van der Waals surface area contributed by atoms with Gasteiger partial charge in [-0.2, -0.15) is 13.2 Å². The minimum absolute atomic E-state index is 0.0508. The Morgan fingerprint density at radius 3 is 2.16 bits per heavy atom. The molecule has 12 heteroatoms. The van der Waals surface area contributed by atoms with Gasteiger partial charge in [0.15, 0.2) is 0 Å². The van der Waals surface area contributed by atoms with Crippen molar-refractivity contribution in [3.63, 3.8) is 0 Å². The average Bonchev–Trinajstić information content (AvgIpc) is 2.49. The first-order valence-electron chi connectivity index (χ1n) is 6.27. The van der Waals surface area contributed by atoms with E-state index < -0.39 is 38.6 Å². The second-order valence-corrected chi connectivity index (χ2v) is 5.49. The van der Waals surface area contributed by atoms with Gasteiger partial charge in [0.25, 0.3) is 11.4 Å². The number of nitrogens with zero attached hydrogens (tertiary/aromatic N) is 2. The van der Waals surface area contributed by atoms with Crippen LogP contribution in [-0.4, -0.2) is 9.85 Å². The van der Waals surface area contributed by atoms with Gasteiger partial charge in [0.05, 0.1) is 32.2 Å². The van der Waals surface area contributed by atoms with Gasteiger partial charge in [-0.3, -0.25) is 20.2 Å². The number of halogens is 5. The molecular formula is C13H6Cl2F3N3O4. The molecule has 0 heterocycles. The third-order valence-electron chi connectivity index (χ3n) is 3.00. The van der Waals surface area contributed by atoms with Crippen LogP contribution in [-0.2, 0) is 6.18 Å². The second kappa shape index (κ2) is 6.73. The minimum atomic E-state index is -5.09. The number of benzene rings is 2. The van der Waals surface area contributed by atoms with E-state index in [1.807, 2.05) is 0 Å². The van der Waals surface area contributed by atoms with E-state index >= 15 is 0 Å². The van der Waals surface area contributed by atoms with E-state index in [1.165, 1.54) is 12.1 Å². The summed E-state index contributed by atoms with van der Waals surface area (Å²) in [6, 6.07) is 4.43. The zero-order valence-corrected chi connectivity index (χ0v) is 13.3. The summed E-state index contributed by atoms with van der Waals surface area (Å²) in [6.07, 6.45) is -5.09. The maximum absolute atomic E-state index is 13.3. The van der Waals surface area contributed by atoms with Gasteiger partial charge in [-0.25, -0.2) is 0 Å². The van der Waals surface area contributed by atoms with Gasteiger partial charge in [0.1, 0.15) is 5.69 Å². The predicted molar refractivity (Wildman–Crippen MR) is 84.5 cm³/mol. The highest BCUT2D eigenvalue weighted by molar-refractivity contribution is 6.35. The van der Waals surface area contributed by atoms with Gasteiger partial charge >= 0.3 is 6.18 Å². The first-order valence-corrected chi connectivity index (χ1v) is 7.02. The molecule has 0 atom stereocenters. The molecule has 1 N–H and O–H groups in total. The molecule has 0 radical (unpaired) electrons. The molecule has 0 unspecified atom stereocenters. The Balaban J connectivity index is 2.75. The number of hydrogen-bond acceptors (Lipinski definition) is 5. The number of anilines is 2. The fourth-order valence-corrected chi connectivity index (χ4v) is 2.28. The summed E-state index contributed by atoms with van der Waals surface area (Å²) in [5.74, 6) is 0. The first-order chi connectivity index (χ1) is 11.5. The van der Waals surface area contributed by atoms with Gasteiger partial charge in [-0.15, -0.1) is 0 Å². The van der Waals surface area contributed by atoms with E-state index in [2.05, 4.69) is 5.32 Å². The normalized spacial score (nSPS) is 11.2. The Kier molecular flexibility index (Phi) is 5.04. The molecule has 0 aliphatic heterocycles. The zero-order valence-electron chi connectivity index (χ0n) is 11.8. The highest BCUT2D eigenvalue weighted by Gasteiger charge is 2.39. The van der Waals surface area contributed by atoms with E-state index in [0.29, 0.717) is 6.07 Å². The van der Waals surface area contributed by atoms with Crippen molar-refractivity contribution in [1.29, 1.82) is 0 Å². The molecule has 0 saturated heterocycles. The molecule has 0 aliphatic rings. The van der Waals surface area contributed by atoms with Crippen LogP contribution in [0.3, 0.4) is 0 Å². The Labute approximate surface area is 147 Å². The third kappa shape index (κ3) is 4.09. The van der Waals surface area contributed by atoms with E-state index in [4.69, 9.17) is 23.2 Å². The molecule has 132 valence electrons. The Morgan fingerprint density at radius 1 is 1.00 bits per heavy atom. The van der Waals surface area contributed by atoms with E-state index in [9.17, 15) is 33.4 Å². The van der Waals surface area contributed by atoms with E-state index in [-0.39, 0.29) is 21.8 Å². The number of rotatable bonds is 4. The molecule has 0 bridgehead atoms. The lowest BCUT2D eigenvalue weighted by Crippen LogP contribution is -2.12. The number of nitrogens with one attached hydrogen (secondary N) is 1. The molecule has 2 aromatic rings. The molecule has 7 nitrogen and oxygen atoms in total. The molecule has 2 aromatic carbocycles. The van der Waals surface area contributed by atoms with Gasteiger partial charge < -0.3 is 5.32 Å². The van der Waals surface area contributed by atoms with Crippen LogP contribution in [0.25, 0.3) is 0 Å². The van der Waals surface area contributed by atoms with Crippen molar-refractivity contribution in [1.82, 2.24) is 0 Å². The summed E-state index contributed by atoms with van der Waals surface area (Å²) >= 11 is 11.6. The topological polar surface area (TPSA) is 98.3 Å². The monoisotopic (exact) mass is 395 g/mol. The molecule has 0 amide bonds. The number of alkyl halides is 3. The van der Waals surface area contributed by atoms with Crippen LogP contribution in [0.15, 0.2) is 30.3 Å². The summed E-state index contributed by atoms with van der Waals surface area (Å²) in [4.78, 5) is 19.6. The van der Waals surface area contributed by atoms with Crippen molar-refractivity contribution in [2.75, 3.05) is 5.32 Å². The summed E-state index contributed by atoms with van der Waals surface area (Å²) < 4.78 is 39.8. The molecule has 2 rings (SSSR count). The standard InChI is InChI=1S/C13H6Cl2F3N3O4/c14-6-1-2-9(15)10(3-6)19-12-8(13(16,17)18)4-7(20(22)23)5-11(12)21(24)25/h1-5,19H. The van der Waals surface area contributed by atoms with Crippen LogP contribution in [0, 0.1) is 20.2 Å². The molecule has 0 spiro atoms. The average molecular weight is 396 g/mol. The van der Waals surface area contributed by atoms with Gasteiger partial charge in [0, 0.05) is 11.1 Å². The summed E-state index contributed by atoms with van der Waals surface area (Å²) in [7, 11) is 0. The lowest BCUT2D eigenvalue weighted by atomic mass is 10.1. The molecular weight excluding hydrogens is 390 g/mol. The van der Waals surface area contributed by atoms with Crippen LogP contribution >= 0.6 is 23.2 Å². The number of hydrogen-bond donors (Lipinski definition) is 1. The van der Waals surface area contributed by atoms with Crippen LogP contribution < -0.4 is 5.32 Å². The van der Waals surface area contributed by atoms with Crippen molar-refractivity contribution >= 4 is 46.0 Å². The summed E-state index contributed by atoms with van der Waals surface area (Å²) in [6.45, 7) is 0. The van der Waals surface area contributed by atoms with Crippen molar-refractivity contribution in [2.45, 2.75) is 6.18 Å². The van der Waals surface area contributed by atoms with Crippen molar-refractivity contribution < 1.29 is 23.0 Å². The minimum Gasteiger partial charge on any atom is -0.348 e. The summed E-state index contributed by atoms with van der Waals surface area (Å²) in [5.41, 5.74) is -4.88. The van der Waals surface area contributed by atoms with E-state index in [1.54, 1.807) is 0 Å². The van der Waals surface area contributed by atoms with Crippen LogP contribution in [0.1, 0.15) is 5.56 Å². The molecule has 0 aromatic heterocycles. The number of nitro groups is 2. The Morgan fingerprint density at radius 2 is 1.64 bits per heavy atom. The maximum atomic E-state index is 13.3. The van der Waals surface area contributed by atoms with Crippen molar-refractivity contribution in [3.05, 3.63) is 66.2 Å². The molecule has 25 heavy (non-hydrogen) atoms. The smallest absolute Gasteiger partial charge is 0.348 e. The van der Waals surface area contributed by atoms with Gasteiger partial charge in [0.2, 0.25) is 0 Å². The molecule has 0 saturated carbocycles. The SMILES string of the molecule is O=[N+]([O-])c1cc([N+](=O)[O-])c(Nc2cc(Cl)ccc2Cl)c(C(F)(F)F)c1. The van der Waals surface area contributed by atoms with E-state index in [0.717, 1.165) is 6.07 Å². The second-order valence-electron chi connectivity index (χ2n) is 4.65. The Bertz CT molecular complexity index is 874. The predicted octanol–water partition coefficient (Wildman–Crippen LogP) is 5.57. The van der Waals surface area contributed by atoms with Crippen molar-refractivity contribution in [3.8, 4) is 0 Å². The highest BCUT2D eigenvalue weighted by atomic mass is 35.5. The fraction of sp³-hybridized carbons (Fsp3) is 0.0769. The largest absolute Gasteiger partial charge is 0.418 e. The van der Waals surface area contributed by atoms with Crippen molar-refractivity contribution in [2.24, 2.45) is 0 Å². The lowest BCUT2D eigenvalue weighted by Gasteiger charge is -2.15. The maximum Gasteiger partial charge on any atom is 0.418 e. The molecule has 0 fully saturated rings. The van der Waals surface area contributed by atoms with Crippen LogP contribution in [0.5, 0.6) is 0 Å². The zero-order chi connectivity index (χ0) is 18.9. The quantitative estimate of drug-likeness (QED) is 0.538. The Hall–Kier alpha value is -2.59. The third-order valence-corrected chi connectivity index (χ3v) is 3.57. The molecule has 0 aliphatic carbocycles. The number of non-ortho nitro benzene ring substituents is 1. The first kappa shape index (κ1) is 18.7. The van der Waals surface area contributed by atoms with Gasteiger partial charge in [-0.1, -0.05) is 23.2 Å². The number of nitro benzene ring substituents is 2. The van der Waals surface area contributed by atoms with Crippen LogP contribution in [0.4, 0.5) is 35.9 Å². The summed E-state index contributed by atoms with van der Waals surface area (Å²) in [5, 5.41) is 24.2. The lowest BCUT2D eigenvalue weighted by molar-refractivity contribution is -0.394. The highest BCUT2D eigenvalue weighted by Crippen LogP contribution is 2.44. The van der Waals surface area contributed by atoms with Crippen LogP contribution in [0.2, 0.25) is 10.0 Å². The fourth-order valence-electron chi connectivity index (χ4n) is 1.94.